The Labute approximate surface area is 202 Å². The van der Waals surface area contributed by atoms with E-state index < -0.39 is 0 Å². The number of alkyl halides is 1. The van der Waals surface area contributed by atoms with Crippen LogP contribution in [-0.4, -0.2) is 71.4 Å². The lowest BCUT2D eigenvalue weighted by molar-refractivity contribution is -0.147. The average molecular weight is 474 g/mol. The highest BCUT2D eigenvalue weighted by Crippen LogP contribution is 2.27. The van der Waals surface area contributed by atoms with Gasteiger partial charge < -0.3 is 15.5 Å². The summed E-state index contributed by atoms with van der Waals surface area (Å²) < 4.78 is 0. The number of carbonyl (C=O) groups excluding carboxylic acids is 2. The first-order valence-corrected chi connectivity index (χ1v) is 12.0. The molecule has 33 heavy (non-hydrogen) atoms. The minimum atomic E-state index is -0.133. The number of allylic oxidation sites excluding steroid dienone is 3. The molecule has 0 spiro atoms. The normalized spacial score (nSPS) is 17.9. The monoisotopic (exact) mass is 473 g/mol. The molecule has 0 fully saturated rings. The third kappa shape index (κ3) is 6.82. The van der Waals surface area contributed by atoms with E-state index in [1.807, 2.05) is 41.1 Å². The first kappa shape index (κ1) is 25.3. The molecular formula is C25H36ClN5O2. The van der Waals surface area contributed by atoms with Crippen LogP contribution >= 0.6 is 11.6 Å². The summed E-state index contributed by atoms with van der Waals surface area (Å²) in [6.45, 7) is 8.95. The predicted octanol–water partition coefficient (Wildman–Crippen LogP) is 2.63. The van der Waals surface area contributed by atoms with Crippen LogP contribution in [0.5, 0.6) is 0 Å². The molecule has 1 aromatic rings. The number of halogens is 1. The highest BCUT2D eigenvalue weighted by molar-refractivity contribution is 6.22. The van der Waals surface area contributed by atoms with Gasteiger partial charge in [0.15, 0.2) is 0 Å². The fourth-order valence-electron chi connectivity index (χ4n) is 4.09. The maximum Gasteiger partial charge on any atom is 0.256 e. The maximum atomic E-state index is 13.3. The third-order valence-corrected chi connectivity index (χ3v) is 6.61. The number of carbonyl (C=O) groups is 2. The molecule has 0 saturated heterocycles. The molecule has 2 amide bonds. The Balaban J connectivity index is 1.66. The van der Waals surface area contributed by atoms with Gasteiger partial charge in [0.05, 0.1) is 18.5 Å². The first-order chi connectivity index (χ1) is 15.8. The Morgan fingerprint density at radius 1 is 1.15 bits per heavy atom. The number of hydrogen-bond acceptors (Lipinski definition) is 5. The number of benzene rings is 1. The summed E-state index contributed by atoms with van der Waals surface area (Å²) in [5.41, 5.74) is 4.31. The highest BCUT2D eigenvalue weighted by atomic mass is 35.5. The molecule has 7 nitrogen and oxygen atoms in total. The van der Waals surface area contributed by atoms with Crippen LogP contribution in [0.4, 0.5) is 0 Å². The van der Waals surface area contributed by atoms with Crippen LogP contribution in [0.3, 0.4) is 0 Å². The summed E-state index contributed by atoms with van der Waals surface area (Å²) in [6, 6.07) is 8.60. The topological polar surface area (TPSA) is 67.9 Å². The van der Waals surface area contributed by atoms with Crippen molar-refractivity contribution in [1.29, 1.82) is 0 Å². The number of nitrogens with one attached hydrogen (secondary N) is 2. The zero-order chi connectivity index (χ0) is 24.0. The van der Waals surface area contributed by atoms with E-state index in [4.69, 9.17) is 11.6 Å². The molecule has 0 saturated carbocycles. The predicted molar refractivity (Wildman–Crippen MR) is 132 cm³/mol. The van der Waals surface area contributed by atoms with Crippen molar-refractivity contribution in [2.75, 3.05) is 33.2 Å². The second-order valence-corrected chi connectivity index (χ2v) is 9.52. The average Bonchev–Trinajstić information content (AvgIpc) is 3.21. The van der Waals surface area contributed by atoms with Gasteiger partial charge in [-0.3, -0.25) is 14.6 Å². The molecule has 1 aromatic carbocycles. The first-order valence-electron chi connectivity index (χ1n) is 11.6. The van der Waals surface area contributed by atoms with Gasteiger partial charge in [-0.25, -0.2) is 5.01 Å². The van der Waals surface area contributed by atoms with Gasteiger partial charge in [-0.15, -0.1) is 11.6 Å². The van der Waals surface area contributed by atoms with E-state index in [1.165, 1.54) is 11.1 Å². The van der Waals surface area contributed by atoms with E-state index in [2.05, 4.69) is 36.6 Å². The van der Waals surface area contributed by atoms with Crippen molar-refractivity contribution in [2.45, 2.75) is 51.7 Å². The van der Waals surface area contributed by atoms with Gasteiger partial charge in [0, 0.05) is 45.0 Å². The van der Waals surface area contributed by atoms with Crippen LogP contribution < -0.4 is 10.6 Å². The summed E-state index contributed by atoms with van der Waals surface area (Å²) in [5, 5.41) is 9.81. The molecule has 8 heteroatoms. The number of likely N-dealkylation sites (N-methyl/N-ethyl adjacent to an activating group) is 1. The van der Waals surface area contributed by atoms with E-state index in [0.29, 0.717) is 32.2 Å². The molecule has 0 radical (unpaired) electrons. The molecule has 180 valence electrons. The summed E-state index contributed by atoms with van der Waals surface area (Å²) >= 11 is 6.48. The minimum absolute atomic E-state index is 0.0672. The zero-order valence-electron chi connectivity index (χ0n) is 20.1. The lowest BCUT2D eigenvalue weighted by atomic mass is 10.0. The molecule has 0 aromatic heterocycles. The summed E-state index contributed by atoms with van der Waals surface area (Å²) in [7, 11) is 1.80. The van der Waals surface area contributed by atoms with E-state index in [-0.39, 0.29) is 30.3 Å². The molecular weight excluding hydrogens is 438 g/mol. The number of rotatable bonds is 10. The van der Waals surface area contributed by atoms with Gasteiger partial charge in [0.2, 0.25) is 5.91 Å². The summed E-state index contributed by atoms with van der Waals surface area (Å²) in [6.07, 6.45) is 4.72. The van der Waals surface area contributed by atoms with Crippen molar-refractivity contribution in [3.63, 3.8) is 0 Å². The Hall–Kier alpha value is -2.35. The van der Waals surface area contributed by atoms with Gasteiger partial charge in [-0.2, -0.15) is 0 Å². The standard InChI is InChI=1S/C25H36ClN5O2/c1-18(2)27-12-13-28-24(32)16-30(23-11-7-10-22(26)19(23)3)17-25(33)29(4)31-14-20-8-5-6-9-21(20)15-31/h5-9,11,18,22,27H,10,12-17H2,1-4H3,(H,28,32). The van der Waals surface area contributed by atoms with Crippen molar-refractivity contribution in [2.24, 2.45) is 0 Å². The van der Waals surface area contributed by atoms with Crippen molar-refractivity contribution >= 4 is 23.4 Å². The third-order valence-electron chi connectivity index (χ3n) is 6.10. The van der Waals surface area contributed by atoms with E-state index >= 15 is 0 Å². The maximum absolute atomic E-state index is 13.3. The number of amides is 2. The molecule has 1 atom stereocenters. The lowest BCUT2D eigenvalue weighted by Crippen LogP contribution is -2.48. The number of hydrogen-bond donors (Lipinski definition) is 2. The Morgan fingerprint density at radius 2 is 1.82 bits per heavy atom. The minimum Gasteiger partial charge on any atom is -0.353 e. The molecule has 2 aliphatic rings. The fraction of sp³-hybridized carbons (Fsp3) is 0.520. The summed E-state index contributed by atoms with van der Waals surface area (Å²) in [4.78, 5) is 27.8. The van der Waals surface area contributed by atoms with Crippen LogP contribution in [0, 0.1) is 0 Å². The SMILES string of the molecule is CC1=C(N(CC(=O)NCCNC(C)C)CC(=O)N(C)N2Cc3ccccc3C2)C=CCC1Cl. The smallest absolute Gasteiger partial charge is 0.256 e. The summed E-state index contributed by atoms with van der Waals surface area (Å²) in [5.74, 6) is -0.183. The number of hydrazine groups is 1. The molecule has 1 aliphatic heterocycles. The van der Waals surface area contributed by atoms with Crippen LogP contribution in [-0.2, 0) is 22.7 Å². The lowest BCUT2D eigenvalue weighted by Gasteiger charge is -2.33. The van der Waals surface area contributed by atoms with Crippen molar-refractivity contribution in [1.82, 2.24) is 25.6 Å². The second kappa shape index (κ2) is 11.7. The van der Waals surface area contributed by atoms with Gasteiger partial charge >= 0.3 is 0 Å². The number of fused-ring (bicyclic) bond motifs is 1. The van der Waals surface area contributed by atoms with Crippen LogP contribution in [0.15, 0.2) is 47.7 Å². The van der Waals surface area contributed by atoms with Gasteiger partial charge in [-0.1, -0.05) is 44.2 Å². The fourth-order valence-corrected chi connectivity index (χ4v) is 4.31. The molecule has 1 aliphatic carbocycles. The molecule has 1 unspecified atom stereocenters. The molecule has 3 rings (SSSR count). The Bertz CT molecular complexity index is 889. The number of nitrogens with zero attached hydrogens (tertiary/aromatic N) is 3. The molecule has 2 N–H and O–H groups in total. The van der Waals surface area contributed by atoms with Crippen molar-refractivity contribution in [3.8, 4) is 0 Å². The molecule has 0 bridgehead atoms. The van der Waals surface area contributed by atoms with E-state index in [9.17, 15) is 9.59 Å². The van der Waals surface area contributed by atoms with Crippen LogP contribution in [0.25, 0.3) is 0 Å². The van der Waals surface area contributed by atoms with E-state index in [1.54, 1.807) is 12.1 Å². The van der Waals surface area contributed by atoms with E-state index in [0.717, 1.165) is 17.7 Å². The second-order valence-electron chi connectivity index (χ2n) is 9.00. The van der Waals surface area contributed by atoms with Gasteiger partial charge in [-0.05, 0) is 36.1 Å². The Morgan fingerprint density at radius 3 is 2.45 bits per heavy atom. The van der Waals surface area contributed by atoms with Crippen molar-refractivity contribution < 1.29 is 9.59 Å². The highest BCUT2D eigenvalue weighted by Gasteiger charge is 2.28. The Kier molecular flexibility index (Phi) is 8.95. The largest absolute Gasteiger partial charge is 0.353 e. The quantitative estimate of drug-likeness (QED) is 0.404. The van der Waals surface area contributed by atoms with Crippen molar-refractivity contribution in [3.05, 3.63) is 58.8 Å². The van der Waals surface area contributed by atoms with Gasteiger partial charge in [0.1, 0.15) is 0 Å². The zero-order valence-corrected chi connectivity index (χ0v) is 20.9. The molecule has 1 heterocycles. The van der Waals surface area contributed by atoms with Gasteiger partial charge in [0.25, 0.3) is 5.91 Å². The van der Waals surface area contributed by atoms with Crippen LogP contribution in [0.2, 0.25) is 0 Å². The van der Waals surface area contributed by atoms with Crippen LogP contribution in [0.1, 0.15) is 38.3 Å².